The van der Waals surface area contributed by atoms with Crippen LogP contribution in [0.25, 0.3) is 0 Å². The molecule has 3 nitrogen and oxygen atoms in total. The molecular formula is C8H20N2OSi. The van der Waals surface area contributed by atoms with Crippen molar-refractivity contribution in [1.82, 2.24) is 9.80 Å². The van der Waals surface area contributed by atoms with Gasteiger partial charge in [0, 0.05) is 10.2 Å². The van der Waals surface area contributed by atoms with Gasteiger partial charge in [-0.1, -0.05) is 5.20 Å². The van der Waals surface area contributed by atoms with Gasteiger partial charge in [0.05, 0.1) is 6.61 Å². The van der Waals surface area contributed by atoms with Crippen LogP contribution in [0.2, 0.25) is 0 Å². The molecule has 72 valence electrons. The molecule has 0 bridgehead atoms. The van der Waals surface area contributed by atoms with Crippen molar-refractivity contribution in [1.29, 1.82) is 0 Å². The van der Waals surface area contributed by atoms with Crippen LogP contribution in [0.15, 0.2) is 11.8 Å². The zero-order chi connectivity index (χ0) is 9.72. The molecule has 0 aliphatic carbocycles. The summed E-state index contributed by atoms with van der Waals surface area (Å²) in [5.74, 6) is 0. The lowest BCUT2D eigenvalue weighted by molar-refractivity contribution is -0.109. The maximum atomic E-state index is 5.61. The van der Waals surface area contributed by atoms with Crippen molar-refractivity contribution in [2.45, 2.75) is 6.35 Å². The molecular weight excluding hydrogens is 168 g/mol. The van der Waals surface area contributed by atoms with Crippen LogP contribution in [0.5, 0.6) is 0 Å². The summed E-state index contributed by atoms with van der Waals surface area (Å²) in [4.78, 5) is 4.06. The van der Waals surface area contributed by atoms with Crippen molar-refractivity contribution >= 4 is 10.2 Å². The van der Waals surface area contributed by atoms with Crippen molar-refractivity contribution in [3.8, 4) is 0 Å². The lowest BCUT2D eigenvalue weighted by Crippen LogP contribution is -2.43. The van der Waals surface area contributed by atoms with E-state index in [9.17, 15) is 0 Å². The number of hydrogen-bond donors (Lipinski definition) is 0. The van der Waals surface area contributed by atoms with Crippen molar-refractivity contribution in [2.24, 2.45) is 0 Å². The average molecular weight is 188 g/mol. The van der Waals surface area contributed by atoms with Gasteiger partial charge < -0.3 is 4.74 Å². The Morgan fingerprint density at radius 3 is 2.00 bits per heavy atom. The molecule has 0 N–H and O–H groups in total. The molecule has 0 heterocycles. The van der Waals surface area contributed by atoms with Gasteiger partial charge >= 0.3 is 0 Å². The van der Waals surface area contributed by atoms with Crippen LogP contribution >= 0.6 is 0 Å². The Labute approximate surface area is 78.4 Å². The van der Waals surface area contributed by atoms with E-state index in [1.54, 1.807) is 0 Å². The summed E-state index contributed by atoms with van der Waals surface area (Å²) in [6.07, 6.45) is 0.0516. The smallest absolute Gasteiger partial charge is 0.167 e. The summed E-state index contributed by atoms with van der Waals surface area (Å²) in [7, 11) is 9.01. The third-order valence-corrected chi connectivity index (χ3v) is 1.65. The second-order valence-electron chi connectivity index (χ2n) is 3.52. The van der Waals surface area contributed by atoms with Crippen molar-refractivity contribution in [3.05, 3.63) is 11.8 Å². The Bertz CT molecular complexity index is 140. The van der Waals surface area contributed by atoms with E-state index in [0.29, 0.717) is 6.61 Å². The fourth-order valence-corrected chi connectivity index (χ4v) is 1.14. The van der Waals surface area contributed by atoms with Crippen LogP contribution in [0.1, 0.15) is 0 Å². The van der Waals surface area contributed by atoms with Crippen LogP contribution in [0, 0.1) is 0 Å². The van der Waals surface area contributed by atoms with E-state index in [4.69, 9.17) is 4.74 Å². The van der Waals surface area contributed by atoms with E-state index in [0.717, 1.165) is 10.2 Å². The SMILES string of the molecule is C=C([SiH3])COC(N(C)C)N(C)C. The molecule has 0 aliphatic heterocycles. The highest BCUT2D eigenvalue weighted by atomic mass is 28.1. The summed E-state index contributed by atoms with van der Waals surface area (Å²) < 4.78 is 5.61. The number of rotatable bonds is 5. The zero-order valence-electron chi connectivity index (χ0n) is 8.79. The molecule has 0 aromatic carbocycles. The van der Waals surface area contributed by atoms with Gasteiger partial charge in [-0.3, -0.25) is 9.80 Å². The zero-order valence-corrected chi connectivity index (χ0v) is 10.8. The molecule has 0 aromatic rings. The first kappa shape index (κ1) is 11.8. The van der Waals surface area contributed by atoms with Gasteiger partial charge in [-0.05, 0) is 28.2 Å². The molecule has 4 heteroatoms. The predicted octanol–water partition coefficient (Wildman–Crippen LogP) is -0.711. The van der Waals surface area contributed by atoms with Crippen molar-refractivity contribution < 1.29 is 4.74 Å². The standard InChI is InChI=1S/C8H20N2OSi/c1-7(12)6-11-8(9(2)3)10(4)5/h8H,1,6H2,2-5,12H3. The minimum Gasteiger partial charge on any atom is -0.346 e. The Morgan fingerprint density at radius 1 is 1.33 bits per heavy atom. The highest BCUT2D eigenvalue weighted by molar-refractivity contribution is 6.21. The lowest BCUT2D eigenvalue weighted by atomic mass is 10.6. The predicted molar refractivity (Wildman–Crippen MR) is 56.2 cm³/mol. The fourth-order valence-electron chi connectivity index (χ4n) is 0.977. The molecule has 0 fully saturated rings. The van der Waals surface area contributed by atoms with E-state index in [1.165, 1.54) is 5.20 Å². The van der Waals surface area contributed by atoms with Crippen molar-refractivity contribution in [2.75, 3.05) is 34.8 Å². The molecule has 0 aliphatic rings. The average Bonchev–Trinajstić information content (AvgIpc) is 1.84. The maximum Gasteiger partial charge on any atom is 0.167 e. The topological polar surface area (TPSA) is 15.7 Å². The van der Waals surface area contributed by atoms with Gasteiger partial charge in [0.2, 0.25) is 0 Å². The fraction of sp³-hybridized carbons (Fsp3) is 0.750. The summed E-state index contributed by atoms with van der Waals surface area (Å²) in [6, 6.07) is 0. The monoisotopic (exact) mass is 188 g/mol. The number of nitrogens with zero attached hydrogens (tertiary/aromatic N) is 2. The first-order chi connectivity index (χ1) is 5.45. The molecule has 0 saturated carbocycles. The van der Waals surface area contributed by atoms with Crippen LogP contribution in [0.4, 0.5) is 0 Å². The van der Waals surface area contributed by atoms with Crippen LogP contribution in [0.3, 0.4) is 0 Å². The molecule has 0 spiro atoms. The molecule has 12 heavy (non-hydrogen) atoms. The molecule has 0 amide bonds. The summed E-state index contributed by atoms with van der Waals surface area (Å²) >= 11 is 0. The third kappa shape index (κ3) is 4.66. The Morgan fingerprint density at radius 2 is 1.75 bits per heavy atom. The summed E-state index contributed by atoms with van der Waals surface area (Å²) in [6.45, 7) is 4.52. The Kier molecular flexibility index (Phi) is 5.40. The quantitative estimate of drug-likeness (QED) is 0.419. The van der Waals surface area contributed by atoms with E-state index in [2.05, 4.69) is 6.58 Å². The van der Waals surface area contributed by atoms with Crippen LogP contribution in [-0.4, -0.2) is 61.2 Å². The molecule has 0 radical (unpaired) electrons. The molecule has 0 aromatic heterocycles. The van der Waals surface area contributed by atoms with Crippen LogP contribution in [-0.2, 0) is 4.74 Å². The van der Waals surface area contributed by atoms with Crippen LogP contribution < -0.4 is 0 Å². The van der Waals surface area contributed by atoms with E-state index < -0.39 is 0 Å². The second-order valence-corrected chi connectivity index (χ2v) is 4.94. The van der Waals surface area contributed by atoms with E-state index >= 15 is 0 Å². The molecule has 0 rings (SSSR count). The van der Waals surface area contributed by atoms with Crippen molar-refractivity contribution in [3.63, 3.8) is 0 Å². The Hall–Kier alpha value is -0.163. The third-order valence-electron chi connectivity index (χ3n) is 1.36. The number of hydrogen-bond acceptors (Lipinski definition) is 3. The van der Waals surface area contributed by atoms with Gasteiger partial charge in [-0.25, -0.2) is 0 Å². The minimum absolute atomic E-state index is 0.0516. The number of ether oxygens (including phenoxy) is 1. The first-order valence-corrected chi connectivity index (χ1v) is 5.04. The summed E-state index contributed by atoms with van der Waals surface area (Å²) in [5, 5.41) is 1.18. The molecule has 0 atom stereocenters. The van der Waals surface area contributed by atoms with Gasteiger partial charge in [0.15, 0.2) is 6.35 Å². The van der Waals surface area contributed by atoms with E-state index in [1.807, 2.05) is 38.0 Å². The van der Waals surface area contributed by atoms with Gasteiger partial charge in [-0.2, -0.15) is 0 Å². The first-order valence-electron chi connectivity index (χ1n) is 4.04. The van der Waals surface area contributed by atoms with E-state index in [-0.39, 0.29) is 6.35 Å². The second kappa shape index (κ2) is 5.48. The lowest BCUT2D eigenvalue weighted by Gasteiger charge is -2.30. The molecule has 0 unspecified atom stereocenters. The highest BCUT2D eigenvalue weighted by Gasteiger charge is 2.13. The van der Waals surface area contributed by atoms with Gasteiger partial charge in [-0.15, -0.1) is 6.58 Å². The van der Waals surface area contributed by atoms with Gasteiger partial charge in [0.1, 0.15) is 0 Å². The Balaban J connectivity index is 3.88. The molecule has 0 saturated heterocycles. The normalized spacial score (nSPS) is 11.9. The highest BCUT2D eigenvalue weighted by Crippen LogP contribution is 2.00. The van der Waals surface area contributed by atoms with Gasteiger partial charge in [0.25, 0.3) is 0 Å². The summed E-state index contributed by atoms with van der Waals surface area (Å²) in [5.41, 5.74) is 0. The largest absolute Gasteiger partial charge is 0.346 e. The maximum absolute atomic E-state index is 5.61. The minimum atomic E-state index is 0.0516.